The second-order valence-corrected chi connectivity index (χ2v) is 5.53. The van der Waals surface area contributed by atoms with E-state index < -0.39 is 4.92 Å². The fraction of sp³-hybridized carbons (Fsp3) is 0.533. The zero-order valence-corrected chi connectivity index (χ0v) is 13.6. The van der Waals surface area contributed by atoms with Crippen molar-refractivity contribution in [1.29, 1.82) is 0 Å². The summed E-state index contributed by atoms with van der Waals surface area (Å²) in [5.74, 6) is 0.0584. The first-order valence-electron chi connectivity index (χ1n) is 7.71. The third-order valence-electron chi connectivity index (χ3n) is 3.92. The highest BCUT2D eigenvalue weighted by Crippen LogP contribution is 2.28. The molecule has 0 bridgehead atoms. The van der Waals surface area contributed by atoms with E-state index >= 15 is 0 Å². The molecule has 24 heavy (non-hydrogen) atoms. The molecule has 9 heteroatoms. The van der Waals surface area contributed by atoms with Crippen LogP contribution in [0.25, 0.3) is 0 Å². The van der Waals surface area contributed by atoms with Gasteiger partial charge in [0.1, 0.15) is 5.75 Å². The molecule has 0 saturated carbocycles. The molecule has 1 aliphatic heterocycles. The highest BCUT2D eigenvalue weighted by atomic mass is 16.6. The van der Waals surface area contributed by atoms with Crippen LogP contribution < -0.4 is 10.1 Å². The Balaban J connectivity index is 1.90. The van der Waals surface area contributed by atoms with Crippen molar-refractivity contribution in [3.8, 4) is 5.75 Å². The fourth-order valence-corrected chi connectivity index (χ4v) is 2.60. The molecule has 0 aliphatic carbocycles. The summed E-state index contributed by atoms with van der Waals surface area (Å²) < 4.78 is 5.10. The van der Waals surface area contributed by atoms with E-state index in [1.165, 1.54) is 25.3 Å². The van der Waals surface area contributed by atoms with Crippen molar-refractivity contribution in [2.45, 2.75) is 0 Å². The van der Waals surface area contributed by atoms with Gasteiger partial charge in [-0.2, -0.15) is 0 Å². The number of nitro benzene ring substituents is 1. The van der Waals surface area contributed by atoms with Crippen molar-refractivity contribution < 1.29 is 19.6 Å². The number of aliphatic hydroxyl groups is 1. The predicted octanol–water partition coefficient (Wildman–Crippen LogP) is 0.152. The number of hydrogen-bond donors (Lipinski definition) is 2. The van der Waals surface area contributed by atoms with E-state index in [1.54, 1.807) is 0 Å². The number of piperazine rings is 1. The van der Waals surface area contributed by atoms with Crippen LogP contribution in [0, 0.1) is 10.1 Å². The zero-order valence-electron chi connectivity index (χ0n) is 13.6. The van der Waals surface area contributed by atoms with Gasteiger partial charge in [0.05, 0.1) is 36.9 Å². The Hall–Kier alpha value is -2.23. The van der Waals surface area contributed by atoms with Gasteiger partial charge in [-0.25, -0.2) is 0 Å². The van der Waals surface area contributed by atoms with Crippen LogP contribution in [0.5, 0.6) is 5.75 Å². The number of nitro groups is 1. The number of hydrogen-bond acceptors (Lipinski definition) is 7. The smallest absolute Gasteiger partial charge is 0.273 e. The number of rotatable bonds is 7. The van der Waals surface area contributed by atoms with Gasteiger partial charge in [0, 0.05) is 38.8 Å². The first-order valence-corrected chi connectivity index (χ1v) is 7.71. The minimum Gasteiger partial charge on any atom is -0.494 e. The molecule has 2 rings (SSSR count). The maximum absolute atomic E-state index is 12.2. The summed E-state index contributed by atoms with van der Waals surface area (Å²) in [6.45, 7) is 4.17. The van der Waals surface area contributed by atoms with Crippen LogP contribution in [0.15, 0.2) is 18.2 Å². The molecule has 0 atom stereocenters. The molecule has 132 valence electrons. The molecule has 1 heterocycles. The molecule has 1 aromatic rings. The van der Waals surface area contributed by atoms with Gasteiger partial charge in [0.2, 0.25) is 5.91 Å². The Labute approximate surface area is 140 Å². The molecule has 1 aromatic carbocycles. The Bertz CT molecular complexity index is 587. The molecule has 0 aromatic heterocycles. The molecule has 1 aliphatic rings. The van der Waals surface area contributed by atoms with Gasteiger partial charge < -0.3 is 15.2 Å². The molecule has 0 spiro atoms. The summed E-state index contributed by atoms with van der Waals surface area (Å²) >= 11 is 0. The Morgan fingerprint density at radius 2 is 2.00 bits per heavy atom. The fourth-order valence-electron chi connectivity index (χ4n) is 2.60. The zero-order chi connectivity index (χ0) is 17.5. The highest BCUT2D eigenvalue weighted by molar-refractivity contribution is 5.93. The number of nitrogens with one attached hydrogen (secondary N) is 1. The van der Waals surface area contributed by atoms with E-state index in [-0.39, 0.29) is 30.5 Å². The number of benzene rings is 1. The summed E-state index contributed by atoms with van der Waals surface area (Å²) in [5, 5.41) is 22.4. The lowest BCUT2D eigenvalue weighted by molar-refractivity contribution is -0.384. The van der Waals surface area contributed by atoms with E-state index in [2.05, 4.69) is 10.2 Å². The van der Waals surface area contributed by atoms with Crippen LogP contribution in [0.4, 0.5) is 11.4 Å². The number of anilines is 1. The predicted molar refractivity (Wildman–Crippen MR) is 88.2 cm³/mol. The Kier molecular flexibility index (Phi) is 6.47. The molecular formula is C15H22N4O5. The van der Waals surface area contributed by atoms with Gasteiger partial charge in [-0.1, -0.05) is 0 Å². The molecule has 9 nitrogen and oxygen atoms in total. The standard InChI is InChI=1S/C15H22N4O5/c1-24-14-10-12(19(22)23)2-3-13(14)16-15(21)11-18-6-4-17(5-7-18)8-9-20/h2-3,10,20H,4-9,11H2,1H3,(H,16,21). The normalized spacial score (nSPS) is 15.9. The second-order valence-electron chi connectivity index (χ2n) is 5.53. The number of methoxy groups -OCH3 is 1. The number of carbonyl (C=O) groups is 1. The summed E-state index contributed by atoms with van der Waals surface area (Å²) in [5.41, 5.74) is 0.317. The number of β-amino-alcohol motifs (C(OH)–C–C–N with tert-alkyl or cyclic N) is 1. The number of ether oxygens (including phenoxy) is 1. The molecule has 1 fully saturated rings. The molecule has 0 unspecified atom stereocenters. The lowest BCUT2D eigenvalue weighted by Gasteiger charge is -2.33. The van der Waals surface area contributed by atoms with Crippen LogP contribution in [-0.2, 0) is 4.79 Å². The van der Waals surface area contributed by atoms with Crippen LogP contribution in [0.1, 0.15) is 0 Å². The first kappa shape index (κ1) is 18.1. The van der Waals surface area contributed by atoms with E-state index in [0.717, 1.165) is 26.2 Å². The first-order chi connectivity index (χ1) is 11.5. The third kappa shape index (κ3) is 4.88. The van der Waals surface area contributed by atoms with Gasteiger partial charge in [-0.3, -0.25) is 24.7 Å². The quantitative estimate of drug-likeness (QED) is 0.538. The van der Waals surface area contributed by atoms with Crippen molar-refractivity contribution in [1.82, 2.24) is 9.80 Å². The summed E-state index contributed by atoms with van der Waals surface area (Å²) in [6, 6.07) is 4.07. The van der Waals surface area contributed by atoms with E-state index in [9.17, 15) is 14.9 Å². The van der Waals surface area contributed by atoms with Crippen LogP contribution >= 0.6 is 0 Å². The van der Waals surface area contributed by atoms with E-state index in [4.69, 9.17) is 9.84 Å². The average molecular weight is 338 g/mol. The minimum atomic E-state index is -0.514. The van der Waals surface area contributed by atoms with Gasteiger partial charge >= 0.3 is 0 Å². The molecule has 1 saturated heterocycles. The lowest BCUT2D eigenvalue weighted by atomic mass is 10.2. The van der Waals surface area contributed by atoms with E-state index in [1.807, 2.05) is 4.90 Å². The molecule has 2 N–H and O–H groups in total. The number of nitrogens with zero attached hydrogens (tertiary/aromatic N) is 3. The van der Waals surface area contributed by atoms with Crippen molar-refractivity contribution in [2.75, 3.05) is 58.3 Å². The average Bonchev–Trinajstić information content (AvgIpc) is 2.57. The van der Waals surface area contributed by atoms with Crippen molar-refractivity contribution in [3.05, 3.63) is 28.3 Å². The molecular weight excluding hydrogens is 316 g/mol. The highest BCUT2D eigenvalue weighted by Gasteiger charge is 2.19. The largest absolute Gasteiger partial charge is 0.494 e. The number of non-ortho nitro benzene ring substituents is 1. The maximum atomic E-state index is 12.2. The van der Waals surface area contributed by atoms with Gasteiger partial charge in [0.25, 0.3) is 5.69 Å². The number of aliphatic hydroxyl groups excluding tert-OH is 1. The van der Waals surface area contributed by atoms with E-state index in [0.29, 0.717) is 12.2 Å². The third-order valence-corrected chi connectivity index (χ3v) is 3.92. The van der Waals surface area contributed by atoms with Gasteiger partial charge in [-0.05, 0) is 6.07 Å². The summed E-state index contributed by atoms with van der Waals surface area (Å²) in [7, 11) is 1.40. The summed E-state index contributed by atoms with van der Waals surface area (Å²) in [6.07, 6.45) is 0. The lowest BCUT2D eigenvalue weighted by Crippen LogP contribution is -2.49. The Morgan fingerprint density at radius 3 is 2.58 bits per heavy atom. The van der Waals surface area contributed by atoms with Crippen LogP contribution in [-0.4, -0.2) is 78.7 Å². The monoisotopic (exact) mass is 338 g/mol. The van der Waals surface area contributed by atoms with Crippen molar-refractivity contribution in [2.24, 2.45) is 0 Å². The minimum absolute atomic E-state index is 0.0927. The number of carbonyl (C=O) groups excluding carboxylic acids is 1. The van der Waals surface area contributed by atoms with Crippen LogP contribution in [0.3, 0.4) is 0 Å². The topological polar surface area (TPSA) is 108 Å². The van der Waals surface area contributed by atoms with Crippen molar-refractivity contribution >= 4 is 17.3 Å². The molecule has 0 radical (unpaired) electrons. The van der Waals surface area contributed by atoms with Gasteiger partial charge in [-0.15, -0.1) is 0 Å². The summed E-state index contributed by atoms with van der Waals surface area (Å²) in [4.78, 5) is 26.6. The van der Waals surface area contributed by atoms with Gasteiger partial charge in [0.15, 0.2) is 0 Å². The maximum Gasteiger partial charge on any atom is 0.273 e. The second kappa shape index (κ2) is 8.57. The van der Waals surface area contributed by atoms with Crippen molar-refractivity contribution in [3.63, 3.8) is 0 Å². The SMILES string of the molecule is COc1cc([N+](=O)[O-])ccc1NC(=O)CN1CCN(CCO)CC1. The van der Waals surface area contributed by atoms with Crippen LogP contribution in [0.2, 0.25) is 0 Å². The Morgan fingerprint density at radius 1 is 1.33 bits per heavy atom. The number of amides is 1. The molecule has 1 amide bonds.